The van der Waals surface area contributed by atoms with Crippen molar-refractivity contribution in [2.45, 2.75) is 26.1 Å². The van der Waals surface area contributed by atoms with Crippen molar-refractivity contribution in [3.05, 3.63) is 10.1 Å². The van der Waals surface area contributed by atoms with Crippen LogP contribution in [0.25, 0.3) is 0 Å². The van der Waals surface area contributed by atoms with Gasteiger partial charge in [-0.2, -0.15) is 0 Å². The molecular formula is C4H9NO4. The molecule has 1 N–H and O–H groups in total. The fourth-order valence-electron chi connectivity index (χ4n) is 0.224. The topological polar surface area (TPSA) is 72.6 Å². The molecule has 0 aliphatic carbocycles. The van der Waals surface area contributed by atoms with E-state index in [1.165, 1.54) is 13.8 Å². The van der Waals surface area contributed by atoms with Gasteiger partial charge in [0, 0.05) is 0 Å². The van der Waals surface area contributed by atoms with E-state index in [-0.39, 0.29) is 0 Å². The Kier molecular flexibility index (Phi) is 2.94. The van der Waals surface area contributed by atoms with Crippen molar-refractivity contribution in [3.63, 3.8) is 0 Å². The lowest BCUT2D eigenvalue weighted by molar-refractivity contribution is -0.769. The molecule has 0 amide bonds. The van der Waals surface area contributed by atoms with Gasteiger partial charge in [-0.3, -0.25) is 0 Å². The number of aliphatic hydroxyl groups is 1. The minimum atomic E-state index is -0.919. The van der Waals surface area contributed by atoms with Crippen LogP contribution in [0, 0.1) is 10.1 Å². The summed E-state index contributed by atoms with van der Waals surface area (Å²) in [6.45, 7) is 2.85. The number of rotatable bonds is 3. The van der Waals surface area contributed by atoms with Gasteiger partial charge < -0.3 is 9.94 Å². The van der Waals surface area contributed by atoms with E-state index < -0.39 is 17.3 Å². The minimum absolute atomic E-state index is 0.750. The summed E-state index contributed by atoms with van der Waals surface area (Å²) >= 11 is 0. The molecule has 0 bridgehead atoms. The van der Waals surface area contributed by atoms with Gasteiger partial charge in [0.15, 0.2) is 0 Å². The summed E-state index contributed by atoms with van der Waals surface area (Å²) in [4.78, 5) is 13.6. The van der Waals surface area contributed by atoms with E-state index in [0.717, 1.165) is 0 Å². The summed E-state index contributed by atoms with van der Waals surface area (Å²) in [5.41, 5.74) is 0. The molecule has 0 spiro atoms. The van der Waals surface area contributed by atoms with E-state index >= 15 is 0 Å². The Hall–Kier alpha value is -0.840. The van der Waals surface area contributed by atoms with Gasteiger partial charge in [0.2, 0.25) is 0 Å². The fraction of sp³-hybridized carbons (Fsp3) is 1.00. The predicted octanol–water partition coefficient (Wildman–Crippen LogP) is -0.0360. The lowest BCUT2D eigenvalue weighted by atomic mass is 10.3. The number of nitrogens with zero attached hydrogens (tertiary/aromatic N) is 1. The van der Waals surface area contributed by atoms with Crippen LogP contribution >= 0.6 is 0 Å². The second-order valence-corrected chi connectivity index (χ2v) is 1.77. The first kappa shape index (κ1) is 8.16. The Labute approximate surface area is 52.3 Å². The maximum Gasteiger partial charge on any atom is 0.294 e. The molecule has 0 unspecified atom stereocenters. The molecule has 54 valence electrons. The van der Waals surface area contributed by atoms with E-state index in [9.17, 15) is 10.1 Å². The quantitative estimate of drug-likeness (QED) is 0.435. The molecule has 0 aliphatic heterocycles. The zero-order valence-electron chi connectivity index (χ0n) is 5.27. The van der Waals surface area contributed by atoms with Gasteiger partial charge in [0.1, 0.15) is 6.10 Å². The van der Waals surface area contributed by atoms with Crippen molar-refractivity contribution in [1.29, 1.82) is 0 Å². The van der Waals surface area contributed by atoms with Gasteiger partial charge in [0.05, 0.1) is 6.10 Å². The maximum absolute atomic E-state index is 9.59. The van der Waals surface area contributed by atoms with Crippen LogP contribution in [0.4, 0.5) is 0 Å². The highest BCUT2D eigenvalue weighted by molar-refractivity contribution is 4.53. The third kappa shape index (κ3) is 3.72. The highest BCUT2D eigenvalue weighted by atomic mass is 17.0. The van der Waals surface area contributed by atoms with Crippen molar-refractivity contribution >= 4 is 0 Å². The summed E-state index contributed by atoms with van der Waals surface area (Å²) in [6.07, 6.45) is -1.56. The molecule has 0 heterocycles. The zero-order chi connectivity index (χ0) is 7.44. The summed E-state index contributed by atoms with van der Waals surface area (Å²) in [7, 11) is 0. The molecule has 0 saturated heterocycles. The van der Waals surface area contributed by atoms with Crippen molar-refractivity contribution in [2.75, 3.05) is 0 Å². The van der Waals surface area contributed by atoms with Crippen LogP contribution in [0.2, 0.25) is 0 Å². The van der Waals surface area contributed by atoms with Crippen molar-refractivity contribution in [2.24, 2.45) is 0 Å². The van der Waals surface area contributed by atoms with Gasteiger partial charge in [-0.1, -0.05) is 0 Å². The molecule has 5 heteroatoms. The van der Waals surface area contributed by atoms with Crippen LogP contribution < -0.4 is 0 Å². The first-order valence-electron chi connectivity index (χ1n) is 2.53. The Morgan fingerprint density at radius 3 is 2.22 bits per heavy atom. The molecular weight excluding hydrogens is 126 g/mol. The Bertz CT molecular complexity index is 103. The summed E-state index contributed by atoms with van der Waals surface area (Å²) in [5, 5.41) is 17.3. The van der Waals surface area contributed by atoms with Gasteiger partial charge in [-0.15, -0.1) is 10.1 Å². The number of hydrogen-bond acceptors (Lipinski definition) is 4. The van der Waals surface area contributed by atoms with Gasteiger partial charge in [-0.25, -0.2) is 0 Å². The molecule has 0 rings (SSSR count). The number of hydrogen-bond donors (Lipinski definition) is 1. The molecule has 2 atom stereocenters. The molecule has 0 aromatic rings. The van der Waals surface area contributed by atoms with Crippen LogP contribution in [0.3, 0.4) is 0 Å². The Morgan fingerprint density at radius 1 is 1.67 bits per heavy atom. The molecule has 0 saturated carbocycles. The molecule has 0 aromatic heterocycles. The van der Waals surface area contributed by atoms with Gasteiger partial charge in [-0.05, 0) is 13.8 Å². The molecule has 0 radical (unpaired) electrons. The normalized spacial score (nSPS) is 16.3. The predicted molar refractivity (Wildman–Crippen MR) is 29.2 cm³/mol. The van der Waals surface area contributed by atoms with E-state index in [1.807, 2.05) is 0 Å². The van der Waals surface area contributed by atoms with Crippen molar-refractivity contribution < 1.29 is 15.0 Å². The molecule has 9 heavy (non-hydrogen) atoms. The van der Waals surface area contributed by atoms with Crippen LogP contribution in [-0.2, 0) is 4.84 Å². The highest BCUT2D eigenvalue weighted by Gasteiger charge is 2.11. The van der Waals surface area contributed by atoms with Crippen molar-refractivity contribution in [3.8, 4) is 0 Å². The Morgan fingerprint density at radius 2 is 2.11 bits per heavy atom. The van der Waals surface area contributed by atoms with Crippen molar-refractivity contribution in [1.82, 2.24) is 0 Å². The number of aliphatic hydroxyl groups excluding tert-OH is 1. The summed E-state index contributed by atoms with van der Waals surface area (Å²) in [6, 6.07) is 0. The van der Waals surface area contributed by atoms with E-state index in [1.54, 1.807) is 0 Å². The third-order valence-corrected chi connectivity index (χ3v) is 0.932. The van der Waals surface area contributed by atoms with Gasteiger partial charge >= 0.3 is 0 Å². The first-order chi connectivity index (χ1) is 4.04. The second kappa shape index (κ2) is 3.24. The fourth-order valence-corrected chi connectivity index (χ4v) is 0.224. The average Bonchev–Trinajstić information content (AvgIpc) is 1.63. The molecule has 0 aliphatic rings. The lowest BCUT2D eigenvalue weighted by Crippen LogP contribution is -2.25. The highest BCUT2D eigenvalue weighted by Crippen LogP contribution is 1.96. The molecule has 0 fully saturated rings. The second-order valence-electron chi connectivity index (χ2n) is 1.77. The monoisotopic (exact) mass is 135 g/mol. The first-order valence-corrected chi connectivity index (χ1v) is 2.53. The molecule has 0 aromatic carbocycles. The maximum atomic E-state index is 9.59. The Balaban J connectivity index is 3.50. The molecule has 5 nitrogen and oxygen atoms in total. The lowest BCUT2D eigenvalue weighted by Gasteiger charge is -2.10. The average molecular weight is 135 g/mol. The third-order valence-electron chi connectivity index (χ3n) is 0.932. The van der Waals surface area contributed by atoms with Crippen LogP contribution in [0.5, 0.6) is 0 Å². The standard InChI is InChI=1S/C4H9NO4/c1-3(6)4(2)9-5(7)8/h3-4,6H,1-2H3/t3-,4-/m0/s1. The minimum Gasteiger partial charge on any atom is -0.391 e. The van der Waals surface area contributed by atoms with E-state index in [2.05, 4.69) is 4.84 Å². The van der Waals surface area contributed by atoms with Crippen LogP contribution in [-0.4, -0.2) is 22.4 Å². The smallest absolute Gasteiger partial charge is 0.294 e. The van der Waals surface area contributed by atoms with Crippen LogP contribution in [0.1, 0.15) is 13.8 Å². The summed E-state index contributed by atoms with van der Waals surface area (Å²) < 4.78 is 0. The van der Waals surface area contributed by atoms with Gasteiger partial charge in [0.25, 0.3) is 5.09 Å². The SMILES string of the molecule is C[C@H](O)[C@H](C)O[N+](=O)[O-]. The van der Waals surface area contributed by atoms with E-state index in [0.29, 0.717) is 0 Å². The summed E-state index contributed by atoms with van der Waals surface area (Å²) in [5.74, 6) is 0. The van der Waals surface area contributed by atoms with Crippen LogP contribution in [0.15, 0.2) is 0 Å². The van der Waals surface area contributed by atoms with E-state index in [4.69, 9.17) is 5.11 Å². The zero-order valence-corrected chi connectivity index (χ0v) is 5.27. The largest absolute Gasteiger partial charge is 0.391 e.